The summed E-state index contributed by atoms with van der Waals surface area (Å²) in [7, 11) is 1.10. The van der Waals surface area contributed by atoms with E-state index in [1.54, 1.807) is 6.07 Å². The van der Waals surface area contributed by atoms with Gasteiger partial charge in [0, 0.05) is 6.54 Å². The maximum absolute atomic E-state index is 13.2. The van der Waals surface area contributed by atoms with Crippen molar-refractivity contribution in [3.05, 3.63) is 53.3 Å². The second-order valence-corrected chi connectivity index (χ2v) is 4.58. The number of hydrogen-bond donors (Lipinski definition) is 2. The minimum Gasteiger partial charge on any atom is -0.465 e. The second-order valence-electron chi connectivity index (χ2n) is 4.58. The van der Waals surface area contributed by atoms with E-state index < -0.39 is 17.7 Å². The highest BCUT2D eigenvalue weighted by Crippen LogP contribution is 2.38. The van der Waals surface area contributed by atoms with E-state index in [1.807, 2.05) is 0 Å². The number of para-hydroxylation sites is 1. The van der Waals surface area contributed by atoms with Gasteiger partial charge in [-0.3, -0.25) is 4.98 Å². The quantitative estimate of drug-likeness (QED) is 0.845. The van der Waals surface area contributed by atoms with Gasteiger partial charge in [-0.05, 0) is 24.3 Å². The summed E-state index contributed by atoms with van der Waals surface area (Å²) in [5.41, 5.74) is 4.74. The van der Waals surface area contributed by atoms with Crippen LogP contribution in [0.3, 0.4) is 0 Å². The molecule has 0 saturated carbocycles. The van der Waals surface area contributed by atoms with Crippen LogP contribution >= 0.6 is 0 Å². The Bertz CT molecular complexity index is 700. The maximum Gasteiger partial charge on any atom is 0.418 e. The van der Waals surface area contributed by atoms with E-state index in [0.717, 1.165) is 19.2 Å². The Balaban J connectivity index is 2.50. The number of carbonyl (C=O) groups is 1. The number of rotatable bonds is 4. The van der Waals surface area contributed by atoms with Gasteiger partial charge in [-0.25, -0.2) is 4.79 Å². The molecule has 1 heterocycles. The number of methoxy groups -OCH3 is 1. The fraction of sp³-hybridized carbons (Fsp3) is 0.200. The molecule has 0 saturated heterocycles. The first-order valence-corrected chi connectivity index (χ1v) is 6.57. The van der Waals surface area contributed by atoms with Crippen LogP contribution in [0.2, 0.25) is 0 Å². The van der Waals surface area contributed by atoms with Crippen molar-refractivity contribution >= 4 is 17.3 Å². The van der Waals surface area contributed by atoms with Crippen LogP contribution in [-0.2, 0) is 17.5 Å². The Morgan fingerprint density at radius 3 is 2.57 bits per heavy atom. The van der Waals surface area contributed by atoms with Gasteiger partial charge in [0.2, 0.25) is 0 Å². The number of aromatic nitrogens is 1. The van der Waals surface area contributed by atoms with Gasteiger partial charge in [0.1, 0.15) is 0 Å². The number of nitrogens with two attached hydrogens (primary N) is 1. The molecule has 23 heavy (non-hydrogen) atoms. The van der Waals surface area contributed by atoms with Gasteiger partial charge in [-0.1, -0.05) is 6.07 Å². The largest absolute Gasteiger partial charge is 0.465 e. The van der Waals surface area contributed by atoms with Gasteiger partial charge >= 0.3 is 12.1 Å². The van der Waals surface area contributed by atoms with Crippen LogP contribution in [0.15, 0.2) is 36.5 Å². The average Bonchev–Trinajstić information content (AvgIpc) is 2.54. The molecule has 1 aromatic carbocycles. The fourth-order valence-electron chi connectivity index (χ4n) is 1.97. The molecule has 0 aliphatic carbocycles. The summed E-state index contributed by atoms with van der Waals surface area (Å²) in [6.07, 6.45) is -3.28. The molecular formula is C15H14F3N3O2. The monoisotopic (exact) mass is 325 g/mol. The lowest BCUT2D eigenvalue weighted by Gasteiger charge is -2.17. The number of nitrogens with zero attached hydrogens (tertiary/aromatic N) is 1. The van der Waals surface area contributed by atoms with E-state index in [1.165, 1.54) is 18.3 Å². The predicted molar refractivity (Wildman–Crippen MR) is 78.2 cm³/mol. The number of hydrogen-bond acceptors (Lipinski definition) is 5. The Labute approximate surface area is 130 Å². The third-order valence-electron chi connectivity index (χ3n) is 3.08. The molecule has 0 unspecified atom stereocenters. The summed E-state index contributed by atoms with van der Waals surface area (Å²) in [6.45, 7) is 0.215. The van der Waals surface area contributed by atoms with Crippen molar-refractivity contribution < 1.29 is 22.7 Å². The molecule has 5 nitrogen and oxygen atoms in total. The van der Waals surface area contributed by atoms with Crippen molar-refractivity contribution in [2.45, 2.75) is 12.7 Å². The van der Waals surface area contributed by atoms with Crippen molar-refractivity contribution in [3.8, 4) is 0 Å². The molecule has 2 aromatic rings. The fourth-order valence-corrected chi connectivity index (χ4v) is 1.97. The Morgan fingerprint density at radius 2 is 2.04 bits per heavy atom. The van der Waals surface area contributed by atoms with Crippen LogP contribution in [0.4, 0.5) is 24.5 Å². The van der Waals surface area contributed by atoms with E-state index in [-0.39, 0.29) is 17.8 Å². The van der Waals surface area contributed by atoms with Crippen LogP contribution in [0.25, 0.3) is 0 Å². The molecule has 0 amide bonds. The van der Waals surface area contributed by atoms with Gasteiger partial charge in [0.25, 0.3) is 0 Å². The van der Waals surface area contributed by atoms with Crippen molar-refractivity contribution in [2.24, 2.45) is 5.73 Å². The Hall–Kier alpha value is -2.61. The lowest BCUT2D eigenvalue weighted by atomic mass is 10.1. The lowest BCUT2D eigenvalue weighted by Crippen LogP contribution is -2.14. The van der Waals surface area contributed by atoms with Crippen LogP contribution < -0.4 is 11.1 Å². The Kier molecular flexibility index (Phi) is 4.85. The molecule has 8 heteroatoms. The highest BCUT2D eigenvalue weighted by atomic mass is 19.4. The number of nitrogens with one attached hydrogen (secondary N) is 1. The molecule has 0 fully saturated rings. The van der Waals surface area contributed by atoms with E-state index in [4.69, 9.17) is 5.73 Å². The molecule has 0 radical (unpaired) electrons. The molecule has 0 aliphatic rings. The Morgan fingerprint density at radius 1 is 1.30 bits per heavy atom. The highest BCUT2D eigenvalue weighted by Gasteiger charge is 2.35. The van der Waals surface area contributed by atoms with Crippen LogP contribution in [0.1, 0.15) is 21.6 Å². The maximum atomic E-state index is 13.2. The summed E-state index contributed by atoms with van der Waals surface area (Å²) in [5, 5.41) is 2.59. The van der Waals surface area contributed by atoms with Gasteiger partial charge < -0.3 is 15.8 Å². The molecule has 0 aliphatic heterocycles. The third kappa shape index (κ3) is 3.78. The summed E-state index contributed by atoms with van der Waals surface area (Å²) in [4.78, 5) is 15.7. The molecule has 3 N–H and O–H groups in total. The number of pyridine rings is 1. The number of esters is 1. The zero-order valence-electron chi connectivity index (χ0n) is 12.1. The summed E-state index contributed by atoms with van der Waals surface area (Å²) in [6, 6.07) is 6.40. The van der Waals surface area contributed by atoms with Crippen LogP contribution in [0.5, 0.6) is 0 Å². The summed E-state index contributed by atoms with van der Waals surface area (Å²) >= 11 is 0. The van der Waals surface area contributed by atoms with Gasteiger partial charge in [-0.15, -0.1) is 0 Å². The van der Waals surface area contributed by atoms with Crippen molar-refractivity contribution in [1.82, 2.24) is 4.98 Å². The predicted octanol–water partition coefficient (Wildman–Crippen LogP) is 3.09. The number of halogens is 3. The molecule has 1 aromatic heterocycles. The lowest BCUT2D eigenvalue weighted by molar-refractivity contribution is -0.136. The van der Waals surface area contributed by atoms with E-state index >= 15 is 0 Å². The molecule has 0 spiro atoms. The average molecular weight is 325 g/mol. The standard InChI is InChI=1S/C15H14F3N3O2/c1-23-14(22)11-3-2-4-12(15(16,17)18)13(11)21-10-6-5-9(7-19)20-8-10/h2-6,8,21H,7,19H2,1H3. The minimum absolute atomic E-state index is 0.215. The number of alkyl halides is 3. The molecule has 122 valence electrons. The normalized spacial score (nSPS) is 11.2. The third-order valence-corrected chi connectivity index (χ3v) is 3.08. The molecule has 0 atom stereocenters. The molecule has 2 rings (SSSR count). The summed E-state index contributed by atoms with van der Waals surface area (Å²) in [5.74, 6) is -0.870. The molecular weight excluding hydrogens is 311 g/mol. The first kappa shape index (κ1) is 16.8. The van der Waals surface area contributed by atoms with E-state index in [2.05, 4.69) is 15.0 Å². The minimum atomic E-state index is -4.63. The smallest absolute Gasteiger partial charge is 0.418 e. The number of anilines is 2. The number of carbonyl (C=O) groups excluding carboxylic acids is 1. The van der Waals surface area contributed by atoms with Gasteiger partial charge in [-0.2, -0.15) is 13.2 Å². The van der Waals surface area contributed by atoms with Gasteiger partial charge in [0.15, 0.2) is 0 Å². The van der Waals surface area contributed by atoms with Gasteiger partial charge in [0.05, 0.1) is 41.5 Å². The first-order valence-electron chi connectivity index (χ1n) is 6.57. The van der Waals surface area contributed by atoms with Crippen molar-refractivity contribution in [3.63, 3.8) is 0 Å². The molecule has 0 bridgehead atoms. The van der Waals surface area contributed by atoms with Crippen molar-refractivity contribution in [1.29, 1.82) is 0 Å². The highest BCUT2D eigenvalue weighted by molar-refractivity contribution is 5.97. The SMILES string of the molecule is COC(=O)c1cccc(C(F)(F)F)c1Nc1ccc(CN)nc1. The zero-order chi connectivity index (χ0) is 17.0. The van der Waals surface area contributed by atoms with Crippen molar-refractivity contribution in [2.75, 3.05) is 12.4 Å². The number of benzene rings is 1. The zero-order valence-corrected chi connectivity index (χ0v) is 12.1. The number of ether oxygens (including phenoxy) is 1. The first-order chi connectivity index (χ1) is 10.9. The van der Waals surface area contributed by atoms with E-state index in [9.17, 15) is 18.0 Å². The topological polar surface area (TPSA) is 77.2 Å². The second kappa shape index (κ2) is 6.66. The summed E-state index contributed by atoms with van der Waals surface area (Å²) < 4.78 is 44.1. The van der Waals surface area contributed by atoms with Crippen LogP contribution in [0, 0.1) is 0 Å². The van der Waals surface area contributed by atoms with E-state index in [0.29, 0.717) is 11.4 Å². The van der Waals surface area contributed by atoms with Crippen LogP contribution in [-0.4, -0.2) is 18.1 Å².